The van der Waals surface area contributed by atoms with Crippen molar-refractivity contribution in [1.29, 1.82) is 0 Å². The van der Waals surface area contributed by atoms with E-state index in [1.54, 1.807) is 6.20 Å². The van der Waals surface area contributed by atoms with Gasteiger partial charge in [0.1, 0.15) is 15.5 Å². The summed E-state index contributed by atoms with van der Waals surface area (Å²) in [5, 5.41) is 6.14. The maximum Gasteiger partial charge on any atom is 0.269 e. The van der Waals surface area contributed by atoms with Crippen molar-refractivity contribution in [1.82, 2.24) is 9.97 Å². The highest BCUT2D eigenvalue weighted by Crippen LogP contribution is 2.44. The summed E-state index contributed by atoms with van der Waals surface area (Å²) in [7, 11) is 0. The molecule has 0 radical (unpaired) electrons. The van der Waals surface area contributed by atoms with Gasteiger partial charge >= 0.3 is 0 Å². The Morgan fingerprint density at radius 3 is 2.83 bits per heavy atom. The molecule has 0 spiro atoms. The average Bonchev–Trinajstić information content (AvgIpc) is 3.41. The largest absolute Gasteiger partial charge is 0.397 e. The molecule has 0 bridgehead atoms. The summed E-state index contributed by atoms with van der Waals surface area (Å²) >= 11 is 2.74. The fourth-order valence-corrected chi connectivity index (χ4v) is 5.68. The highest BCUT2D eigenvalue weighted by Gasteiger charge is 2.34. The number of nitrogens with one attached hydrogen (secondary N) is 1. The van der Waals surface area contributed by atoms with Gasteiger partial charge in [-0.1, -0.05) is 0 Å². The van der Waals surface area contributed by atoms with Crippen molar-refractivity contribution < 1.29 is 9.53 Å². The Morgan fingerprint density at radius 2 is 2.10 bits per heavy atom. The topological polar surface area (TPSA) is 93.4 Å². The van der Waals surface area contributed by atoms with E-state index in [2.05, 4.69) is 29.0 Å². The van der Waals surface area contributed by atoms with Gasteiger partial charge in [-0.2, -0.15) is 0 Å². The predicted molar refractivity (Wildman–Crippen MR) is 118 cm³/mol. The molecule has 0 saturated carbocycles. The van der Waals surface area contributed by atoms with Gasteiger partial charge in [0.05, 0.1) is 17.9 Å². The number of nitrogen functional groups attached to an aromatic ring is 1. The van der Waals surface area contributed by atoms with E-state index in [-0.39, 0.29) is 11.5 Å². The molecule has 1 amide bonds. The number of ether oxygens (including phenoxy) is 1. The molecule has 152 valence electrons. The van der Waals surface area contributed by atoms with Gasteiger partial charge in [-0.15, -0.1) is 22.7 Å². The van der Waals surface area contributed by atoms with Gasteiger partial charge in [0.2, 0.25) is 0 Å². The SMILES string of the molecule is CC1(C)Cc2c(c(N3CCCC3)nc3sc(C(=O)Nc4nccs4)c(N)c23)CO1. The van der Waals surface area contributed by atoms with Crippen LogP contribution in [0.25, 0.3) is 10.2 Å². The van der Waals surface area contributed by atoms with Crippen LogP contribution in [-0.4, -0.2) is 34.6 Å². The van der Waals surface area contributed by atoms with E-state index in [4.69, 9.17) is 15.5 Å². The zero-order chi connectivity index (χ0) is 20.2. The summed E-state index contributed by atoms with van der Waals surface area (Å²) in [4.78, 5) is 25.6. The molecule has 3 aromatic heterocycles. The number of hydrogen-bond acceptors (Lipinski definition) is 8. The normalized spacial score (nSPS) is 18.2. The third-order valence-corrected chi connectivity index (χ3v) is 7.33. The first kappa shape index (κ1) is 18.8. The number of nitrogens with zero attached hydrogens (tertiary/aromatic N) is 3. The highest BCUT2D eigenvalue weighted by molar-refractivity contribution is 7.21. The quantitative estimate of drug-likeness (QED) is 0.653. The minimum absolute atomic E-state index is 0.233. The van der Waals surface area contributed by atoms with Crippen molar-refractivity contribution in [3.8, 4) is 0 Å². The zero-order valence-electron chi connectivity index (χ0n) is 16.4. The smallest absolute Gasteiger partial charge is 0.269 e. The van der Waals surface area contributed by atoms with Gasteiger partial charge in [-0.25, -0.2) is 9.97 Å². The van der Waals surface area contributed by atoms with Crippen LogP contribution in [0.5, 0.6) is 0 Å². The molecule has 3 aromatic rings. The number of nitrogens with two attached hydrogens (primary N) is 1. The Balaban J connectivity index is 1.65. The van der Waals surface area contributed by atoms with Crippen LogP contribution in [0.3, 0.4) is 0 Å². The molecule has 9 heteroatoms. The van der Waals surface area contributed by atoms with Crippen LogP contribution in [0.2, 0.25) is 0 Å². The molecule has 2 aliphatic heterocycles. The van der Waals surface area contributed by atoms with Crippen LogP contribution in [-0.2, 0) is 17.8 Å². The van der Waals surface area contributed by atoms with Crippen LogP contribution in [0.4, 0.5) is 16.6 Å². The van der Waals surface area contributed by atoms with E-state index < -0.39 is 0 Å². The van der Waals surface area contributed by atoms with E-state index in [1.807, 2.05) is 5.38 Å². The van der Waals surface area contributed by atoms with Crippen LogP contribution >= 0.6 is 22.7 Å². The summed E-state index contributed by atoms with van der Waals surface area (Å²) < 4.78 is 6.11. The summed E-state index contributed by atoms with van der Waals surface area (Å²) in [6.45, 7) is 6.72. The molecule has 0 atom stereocenters. The first-order valence-electron chi connectivity index (χ1n) is 9.76. The monoisotopic (exact) mass is 429 g/mol. The molecular weight excluding hydrogens is 406 g/mol. The minimum Gasteiger partial charge on any atom is -0.397 e. The number of fused-ring (bicyclic) bond motifs is 3. The highest BCUT2D eigenvalue weighted by atomic mass is 32.1. The molecule has 0 aromatic carbocycles. The molecule has 5 rings (SSSR count). The van der Waals surface area contributed by atoms with Crippen molar-refractivity contribution in [2.75, 3.05) is 29.0 Å². The molecule has 7 nitrogen and oxygen atoms in total. The van der Waals surface area contributed by atoms with Crippen molar-refractivity contribution in [3.05, 3.63) is 27.6 Å². The van der Waals surface area contributed by atoms with Crippen molar-refractivity contribution >= 4 is 55.4 Å². The number of thiazole rings is 1. The summed E-state index contributed by atoms with van der Waals surface area (Å²) in [5.74, 6) is 0.761. The van der Waals surface area contributed by atoms with Crippen molar-refractivity contribution in [2.45, 2.75) is 45.3 Å². The average molecular weight is 430 g/mol. The van der Waals surface area contributed by atoms with E-state index in [0.717, 1.165) is 41.1 Å². The van der Waals surface area contributed by atoms with Gasteiger partial charge in [0.25, 0.3) is 5.91 Å². The van der Waals surface area contributed by atoms with Gasteiger partial charge in [0, 0.05) is 42.0 Å². The van der Waals surface area contributed by atoms with Crippen LogP contribution in [0.1, 0.15) is 47.5 Å². The van der Waals surface area contributed by atoms with E-state index in [0.29, 0.717) is 22.3 Å². The van der Waals surface area contributed by atoms with Crippen LogP contribution in [0.15, 0.2) is 11.6 Å². The number of hydrogen-bond donors (Lipinski definition) is 2. The summed E-state index contributed by atoms with van der Waals surface area (Å²) in [5.41, 5.74) is 9.05. The number of pyridine rings is 1. The number of rotatable bonds is 3. The van der Waals surface area contributed by atoms with Crippen LogP contribution in [0, 0.1) is 0 Å². The fraction of sp³-hybridized carbons (Fsp3) is 0.450. The van der Waals surface area contributed by atoms with E-state index >= 15 is 0 Å². The predicted octanol–water partition coefficient (Wildman–Crippen LogP) is 4.04. The zero-order valence-corrected chi connectivity index (χ0v) is 18.1. The maximum atomic E-state index is 12.9. The number of carbonyl (C=O) groups is 1. The number of anilines is 3. The third-order valence-electron chi connectivity index (χ3n) is 5.54. The second kappa shape index (κ2) is 6.93. The molecule has 0 unspecified atom stereocenters. The molecule has 3 N–H and O–H groups in total. The number of amides is 1. The van der Waals surface area contributed by atoms with Crippen molar-refractivity contribution in [2.24, 2.45) is 0 Å². The van der Waals surface area contributed by atoms with Crippen molar-refractivity contribution in [3.63, 3.8) is 0 Å². The summed E-state index contributed by atoms with van der Waals surface area (Å²) in [6.07, 6.45) is 4.76. The van der Waals surface area contributed by atoms with Gasteiger partial charge in [0.15, 0.2) is 5.13 Å². The van der Waals surface area contributed by atoms with E-state index in [9.17, 15) is 4.79 Å². The Hall–Kier alpha value is -2.23. The van der Waals surface area contributed by atoms with Gasteiger partial charge < -0.3 is 15.4 Å². The minimum atomic E-state index is -0.277. The summed E-state index contributed by atoms with van der Waals surface area (Å²) in [6, 6.07) is 0. The lowest BCUT2D eigenvalue weighted by atomic mass is 9.90. The Labute approximate surface area is 176 Å². The molecule has 29 heavy (non-hydrogen) atoms. The van der Waals surface area contributed by atoms with E-state index in [1.165, 1.54) is 41.1 Å². The van der Waals surface area contributed by atoms with Crippen LogP contribution < -0.4 is 16.0 Å². The molecule has 0 aliphatic carbocycles. The first-order valence-corrected chi connectivity index (χ1v) is 11.5. The molecular formula is C20H23N5O2S2. The molecule has 1 saturated heterocycles. The first-order chi connectivity index (χ1) is 13.9. The lowest BCUT2D eigenvalue weighted by molar-refractivity contribution is -0.0395. The third kappa shape index (κ3) is 3.27. The van der Waals surface area contributed by atoms with Gasteiger partial charge in [-0.05, 0) is 32.3 Å². The second-order valence-electron chi connectivity index (χ2n) is 8.13. The fourth-order valence-electron chi connectivity index (χ4n) is 4.14. The maximum absolute atomic E-state index is 12.9. The Morgan fingerprint density at radius 1 is 1.31 bits per heavy atom. The van der Waals surface area contributed by atoms with Gasteiger partial charge in [-0.3, -0.25) is 10.1 Å². The number of carbonyl (C=O) groups excluding carboxylic acids is 1. The standard InChI is InChI=1S/C20H23N5O2S2/c1-20(2)9-11-12(10-27-20)16(25-6-3-4-7-25)23-18-13(11)14(21)15(29-18)17(26)24-19-22-5-8-28-19/h5,8H,3-4,6-7,9-10,21H2,1-2H3,(H,22,24,26). The second-order valence-corrected chi connectivity index (χ2v) is 10.0. The molecule has 1 fully saturated rings. The lowest BCUT2D eigenvalue weighted by Gasteiger charge is -2.34. The Bertz CT molecular complexity index is 1080. The lowest BCUT2D eigenvalue weighted by Crippen LogP contribution is -2.34. The number of aromatic nitrogens is 2. The molecule has 2 aliphatic rings. The Kier molecular flexibility index (Phi) is 4.49. The molecule has 5 heterocycles. The number of thiophene rings is 1.